The zero-order valence-corrected chi connectivity index (χ0v) is 25.6. The van der Waals surface area contributed by atoms with E-state index in [4.69, 9.17) is 23.2 Å². The van der Waals surface area contributed by atoms with Crippen molar-refractivity contribution in [3.05, 3.63) is 99.8 Å². The molecule has 0 aromatic heterocycles. The second-order valence-electron chi connectivity index (χ2n) is 10.5. The molecule has 1 N–H and O–H groups in total. The molecule has 0 spiro atoms. The van der Waals surface area contributed by atoms with Crippen molar-refractivity contribution in [2.24, 2.45) is 0 Å². The van der Waals surface area contributed by atoms with Gasteiger partial charge in [0, 0.05) is 34.6 Å². The van der Waals surface area contributed by atoms with E-state index in [0.29, 0.717) is 19.9 Å². The van der Waals surface area contributed by atoms with Gasteiger partial charge in [0.1, 0.15) is 18.4 Å². The third-order valence-corrected chi connectivity index (χ3v) is 9.25. The summed E-state index contributed by atoms with van der Waals surface area (Å²) < 4.78 is 41.2. The third kappa shape index (κ3) is 8.24. The summed E-state index contributed by atoms with van der Waals surface area (Å²) in [4.78, 5) is 29.4. The number of anilines is 1. The number of hydrogen-bond acceptors (Lipinski definition) is 4. The Bertz CT molecular complexity index is 1480. The molecule has 224 valence electrons. The van der Waals surface area contributed by atoms with Crippen molar-refractivity contribution in [3.8, 4) is 0 Å². The molecule has 1 fully saturated rings. The summed E-state index contributed by atoms with van der Waals surface area (Å²) in [6.45, 7) is -0.897. The topological polar surface area (TPSA) is 86.8 Å². The first kappa shape index (κ1) is 31.8. The summed E-state index contributed by atoms with van der Waals surface area (Å²) in [5, 5.41) is 3.71. The van der Waals surface area contributed by atoms with Crippen molar-refractivity contribution >= 4 is 50.7 Å². The van der Waals surface area contributed by atoms with Gasteiger partial charge in [-0.05, 0) is 42.7 Å². The summed E-state index contributed by atoms with van der Waals surface area (Å²) in [5.74, 6) is -1.87. The molecule has 3 aromatic carbocycles. The quantitative estimate of drug-likeness (QED) is 0.281. The molecule has 0 bridgehead atoms. The third-order valence-electron chi connectivity index (χ3n) is 7.41. The molecule has 7 nitrogen and oxygen atoms in total. The average Bonchev–Trinajstić information content (AvgIpc) is 2.96. The fraction of sp³-hybridized carbons (Fsp3) is 0.355. The Morgan fingerprint density at radius 2 is 1.55 bits per heavy atom. The molecule has 1 atom stereocenters. The largest absolute Gasteiger partial charge is 0.352 e. The summed E-state index contributed by atoms with van der Waals surface area (Å²) in [5.41, 5.74) is 0.947. The average molecular weight is 635 g/mol. The van der Waals surface area contributed by atoms with Gasteiger partial charge in [-0.1, -0.05) is 91.0 Å². The lowest BCUT2D eigenvalue weighted by Crippen LogP contribution is -2.55. The number of para-hydroxylation sites is 1. The van der Waals surface area contributed by atoms with Crippen LogP contribution in [0.1, 0.15) is 43.2 Å². The zero-order chi connectivity index (χ0) is 30.3. The summed E-state index contributed by atoms with van der Waals surface area (Å²) in [7, 11) is -4.09. The van der Waals surface area contributed by atoms with Crippen LogP contribution in [0.2, 0.25) is 10.0 Å². The summed E-state index contributed by atoms with van der Waals surface area (Å²) >= 11 is 13.0. The Hall–Kier alpha value is -3.14. The van der Waals surface area contributed by atoms with Crippen molar-refractivity contribution in [1.29, 1.82) is 0 Å². The van der Waals surface area contributed by atoms with Gasteiger partial charge in [-0.25, -0.2) is 12.8 Å². The monoisotopic (exact) mass is 633 g/mol. The predicted molar refractivity (Wildman–Crippen MR) is 165 cm³/mol. The van der Waals surface area contributed by atoms with E-state index in [1.54, 1.807) is 18.2 Å². The Labute approximate surface area is 256 Å². The highest BCUT2D eigenvalue weighted by molar-refractivity contribution is 7.92. The van der Waals surface area contributed by atoms with E-state index < -0.39 is 34.3 Å². The van der Waals surface area contributed by atoms with Crippen LogP contribution in [-0.4, -0.2) is 50.0 Å². The van der Waals surface area contributed by atoms with E-state index in [1.807, 2.05) is 30.3 Å². The molecule has 11 heteroatoms. The predicted octanol–water partition coefficient (Wildman–Crippen LogP) is 5.99. The molecule has 1 saturated carbocycles. The van der Waals surface area contributed by atoms with Crippen LogP contribution in [0.15, 0.2) is 72.8 Å². The van der Waals surface area contributed by atoms with Gasteiger partial charge in [-0.3, -0.25) is 13.9 Å². The fourth-order valence-electron chi connectivity index (χ4n) is 5.20. The van der Waals surface area contributed by atoms with Crippen LogP contribution in [0.5, 0.6) is 0 Å². The lowest BCUT2D eigenvalue weighted by molar-refractivity contribution is -0.140. The number of sulfonamides is 1. The zero-order valence-electron chi connectivity index (χ0n) is 23.3. The minimum Gasteiger partial charge on any atom is -0.352 e. The minimum atomic E-state index is -4.09. The highest BCUT2D eigenvalue weighted by atomic mass is 35.5. The van der Waals surface area contributed by atoms with Crippen LogP contribution < -0.4 is 9.62 Å². The molecule has 0 heterocycles. The number of carbonyl (C=O) groups excluding carboxylic acids is 2. The molecular formula is C31H34Cl2FN3O4S. The van der Waals surface area contributed by atoms with Crippen LogP contribution in [0.3, 0.4) is 0 Å². The molecule has 2 amide bonds. The van der Waals surface area contributed by atoms with Crippen LogP contribution in [-0.2, 0) is 32.6 Å². The van der Waals surface area contributed by atoms with Gasteiger partial charge < -0.3 is 10.2 Å². The maximum atomic E-state index is 14.8. The molecular weight excluding hydrogens is 600 g/mol. The van der Waals surface area contributed by atoms with E-state index in [9.17, 15) is 22.4 Å². The minimum absolute atomic E-state index is 0.0312. The van der Waals surface area contributed by atoms with Crippen molar-refractivity contribution < 1.29 is 22.4 Å². The van der Waals surface area contributed by atoms with Gasteiger partial charge in [0.05, 0.1) is 11.9 Å². The number of nitrogens with one attached hydrogen (secondary N) is 1. The molecule has 1 aliphatic carbocycles. The molecule has 0 radical (unpaired) electrons. The van der Waals surface area contributed by atoms with Crippen molar-refractivity contribution in [1.82, 2.24) is 10.2 Å². The van der Waals surface area contributed by atoms with Gasteiger partial charge in [-0.2, -0.15) is 0 Å². The molecule has 0 saturated heterocycles. The molecule has 42 heavy (non-hydrogen) atoms. The lowest BCUT2D eigenvalue weighted by Gasteiger charge is -2.35. The van der Waals surface area contributed by atoms with Gasteiger partial charge in [0.15, 0.2) is 0 Å². The van der Waals surface area contributed by atoms with Crippen LogP contribution >= 0.6 is 23.2 Å². The van der Waals surface area contributed by atoms with E-state index in [1.165, 1.54) is 23.1 Å². The number of carbonyl (C=O) groups is 2. The van der Waals surface area contributed by atoms with Gasteiger partial charge in [-0.15, -0.1) is 0 Å². The van der Waals surface area contributed by atoms with Gasteiger partial charge >= 0.3 is 0 Å². The smallest absolute Gasteiger partial charge is 0.244 e. The first-order valence-corrected chi connectivity index (χ1v) is 16.4. The Kier molecular flexibility index (Phi) is 10.9. The summed E-state index contributed by atoms with van der Waals surface area (Å²) in [6, 6.07) is 18.4. The highest BCUT2D eigenvalue weighted by Crippen LogP contribution is 2.29. The standard InChI is InChI=1S/C31H34Cl2FN3O4S/c1-42(40,41)37(28-18-9-8-17-27(28)34)21-30(38)36(20-24-25(32)15-10-16-26(24)33)29(19-22-11-4-2-5-12-22)31(39)35-23-13-6-3-7-14-23/h2,4-5,8-12,15-18,23,29H,3,6-7,13-14,19-21H2,1H3,(H,35,39). The van der Waals surface area contributed by atoms with Crippen molar-refractivity contribution in [2.45, 2.75) is 57.2 Å². The number of rotatable bonds is 11. The van der Waals surface area contributed by atoms with Gasteiger partial charge in [0.2, 0.25) is 21.8 Å². The first-order chi connectivity index (χ1) is 20.0. The van der Waals surface area contributed by atoms with E-state index in [-0.39, 0.29) is 30.6 Å². The highest BCUT2D eigenvalue weighted by Gasteiger charge is 2.35. The van der Waals surface area contributed by atoms with E-state index in [0.717, 1.165) is 50.0 Å². The summed E-state index contributed by atoms with van der Waals surface area (Å²) in [6.07, 6.45) is 5.83. The van der Waals surface area contributed by atoms with Crippen LogP contribution in [0.25, 0.3) is 0 Å². The second kappa shape index (κ2) is 14.4. The number of amides is 2. The van der Waals surface area contributed by atoms with Crippen molar-refractivity contribution in [3.63, 3.8) is 0 Å². The molecule has 1 unspecified atom stereocenters. The maximum Gasteiger partial charge on any atom is 0.244 e. The SMILES string of the molecule is CS(=O)(=O)N(CC(=O)N(Cc1c(Cl)cccc1Cl)C(Cc1ccccc1)C(=O)NC1CCCCC1)c1ccccc1F. The molecule has 4 rings (SSSR count). The van der Waals surface area contributed by atoms with Gasteiger partial charge in [0.25, 0.3) is 0 Å². The van der Waals surface area contributed by atoms with Crippen LogP contribution in [0, 0.1) is 5.82 Å². The number of halogens is 3. The van der Waals surface area contributed by atoms with E-state index in [2.05, 4.69) is 5.32 Å². The maximum absolute atomic E-state index is 14.8. The van der Waals surface area contributed by atoms with Crippen LogP contribution in [0.4, 0.5) is 10.1 Å². The Morgan fingerprint density at radius 1 is 0.929 bits per heavy atom. The molecule has 3 aromatic rings. The lowest BCUT2D eigenvalue weighted by atomic mass is 9.94. The Morgan fingerprint density at radius 3 is 2.17 bits per heavy atom. The fourth-order valence-corrected chi connectivity index (χ4v) is 6.57. The molecule has 0 aliphatic heterocycles. The van der Waals surface area contributed by atoms with Crippen molar-refractivity contribution in [2.75, 3.05) is 17.1 Å². The Balaban J connectivity index is 1.76. The number of benzene rings is 3. The van der Waals surface area contributed by atoms with E-state index >= 15 is 0 Å². The molecule has 1 aliphatic rings. The number of nitrogens with zero attached hydrogens (tertiary/aromatic N) is 2. The second-order valence-corrected chi connectivity index (χ2v) is 13.2. The number of hydrogen-bond donors (Lipinski definition) is 1. The normalized spacial score (nSPS) is 14.7. The first-order valence-electron chi connectivity index (χ1n) is 13.8.